The summed E-state index contributed by atoms with van der Waals surface area (Å²) in [5.41, 5.74) is 0. The lowest BCUT2D eigenvalue weighted by atomic mass is 9.70. The van der Waals surface area contributed by atoms with Gasteiger partial charge in [0.2, 0.25) is 0 Å². The fourth-order valence-corrected chi connectivity index (χ4v) is 5.53. The topological polar surface area (TPSA) is 9.23 Å². The van der Waals surface area contributed by atoms with Gasteiger partial charge in [-0.25, -0.2) is 0 Å². The molecule has 0 atom stereocenters. The summed E-state index contributed by atoms with van der Waals surface area (Å²) in [6.07, 6.45) is 26.7. The number of ether oxygens (including phenoxy) is 1. The molecule has 0 aromatic carbocycles. The van der Waals surface area contributed by atoms with Gasteiger partial charge in [-0.2, -0.15) is 0 Å². The minimum Gasteiger partial charge on any atom is -0.378 e. The molecular weight excluding hydrogens is 316 g/mol. The van der Waals surface area contributed by atoms with Gasteiger partial charge in [0.15, 0.2) is 0 Å². The minimum absolute atomic E-state index is 0.588. The van der Waals surface area contributed by atoms with Gasteiger partial charge in [-0.15, -0.1) is 0 Å². The molecule has 1 nitrogen and oxygen atoms in total. The second kappa shape index (κ2) is 14.0. The molecule has 0 radical (unpaired) electrons. The highest BCUT2D eigenvalue weighted by Crippen LogP contribution is 2.41. The van der Waals surface area contributed by atoms with Crippen molar-refractivity contribution in [2.75, 3.05) is 6.61 Å². The predicted octanol–water partition coefficient (Wildman–Crippen LogP) is 8.31. The Bertz CT molecular complexity index is 310. The van der Waals surface area contributed by atoms with Crippen LogP contribution in [-0.2, 0) is 4.74 Å². The average Bonchev–Trinajstić information content (AvgIpc) is 2.69. The molecule has 0 aliphatic heterocycles. The molecule has 2 rings (SSSR count). The van der Waals surface area contributed by atoms with E-state index in [9.17, 15) is 0 Å². The second-order valence-electron chi connectivity index (χ2n) is 9.45. The van der Waals surface area contributed by atoms with Crippen molar-refractivity contribution in [2.45, 2.75) is 136 Å². The molecule has 0 unspecified atom stereocenters. The molecule has 0 amide bonds. The van der Waals surface area contributed by atoms with Gasteiger partial charge in [0.05, 0.1) is 6.10 Å². The maximum Gasteiger partial charge on any atom is 0.0575 e. The highest BCUT2D eigenvalue weighted by Gasteiger charge is 2.30. The van der Waals surface area contributed by atoms with Crippen LogP contribution in [0.5, 0.6) is 0 Å². The van der Waals surface area contributed by atoms with E-state index in [4.69, 9.17) is 4.74 Å². The van der Waals surface area contributed by atoms with Crippen LogP contribution in [0.15, 0.2) is 0 Å². The Morgan fingerprint density at radius 2 is 1.12 bits per heavy atom. The van der Waals surface area contributed by atoms with Gasteiger partial charge in [-0.05, 0) is 62.7 Å². The zero-order valence-corrected chi connectivity index (χ0v) is 18.2. The molecule has 0 spiro atoms. The second-order valence-corrected chi connectivity index (χ2v) is 9.45. The molecule has 0 bridgehead atoms. The van der Waals surface area contributed by atoms with Crippen molar-refractivity contribution in [1.82, 2.24) is 0 Å². The first-order valence-corrected chi connectivity index (χ1v) is 12.4. The van der Waals surface area contributed by atoms with Gasteiger partial charge in [0, 0.05) is 6.61 Å². The predicted molar refractivity (Wildman–Crippen MR) is 115 cm³/mol. The van der Waals surface area contributed by atoms with E-state index in [-0.39, 0.29) is 0 Å². The van der Waals surface area contributed by atoms with Gasteiger partial charge in [0.1, 0.15) is 0 Å². The van der Waals surface area contributed by atoms with E-state index in [0.717, 1.165) is 24.4 Å². The molecule has 0 aromatic heterocycles. The molecule has 0 saturated heterocycles. The molecule has 0 N–H and O–H groups in total. The Labute approximate surface area is 165 Å². The Kier molecular flexibility index (Phi) is 12.0. The molecule has 26 heavy (non-hydrogen) atoms. The van der Waals surface area contributed by atoms with E-state index in [2.05, 4.69) is 13.8 Å². The van der Waals surface area contributed by atoms with Crippen molar-refractivity contribution in [2.24, 2.45) is 17.8 Å². The van der Waals surface area contributed by atoms with E-state index in [1.54, 1.807) is 0 Å². The first-order valence-electron chi connectivity index (χ1n) is 12.4. The summed E-state index contributed by atoms with van der Waals surface area (Å²) in [6.45, 7) is 5.50. The smallest absolute Gasteiger partial charge is 0.0575 e. The number of hydrogen-bond donors (Lipinski definition) is 0. The Morgan fingerprint density at radius 1 is 0.577 bits per heavy atom. The van der Waals surface area contributed by atoms with E-state index in [1.807, 2.05) is 0 Å². The summed E-state index contributed by atoms with van der Waals surface area (Å²) in [4.78, 5) is 0. The van der Waals surface area contributed by atoms with E-state index in [1.165, 1.54) is 116 Å². The third kappa shape index (κ3) is 8.77. The number of hydrogen-bond acceptors (Lipinski definition) is 1. The van der Waals surface area contributed by atoms with Crippen molar-refractivity contribution in [3.63, 3.8) is 0 Å². The van der Waals surface area contributed by atoms with Crippen LogP contribution >= 0.6 is 0 Å². The van der Waals surface area contributed by atoms with Gasteiger partial charge in [0.25, 0.3) is 0 Å². The van der Waals surface area contributed by atoms with Crippen LogP contribution in [0.1, 0.15) is 129 Å². The average molecular weight is 365 g/mol. The summed E-state index contributed by atoms with van der Waals surface area (Å²) in [7, 11) is 0. The zero-order chi connectivity index (χ0) is 18.5. The van der Waals surface area contributed by atoms with Crippen molar-refractivity contribution in [3.05, 3.63) is 0 Å². The molecule has 2 aliphatic carbocycles. The summed E-state index contributed by atoms with van der Waals surface area (Å²) in [5, 5.41) is 0. The van der Waals surface area contributed by atoms with Crippen molar-refractivity contribution >= 4 is 0 Å². The van der Waals surface area contributed by atoms with Crippen molar-refractivity contribution in [1.29, 1.82) is 0 Å². The lowest BCUT2D eigenvalue weighted by molar-refractivity contribution is 0.00726. The molecule has 0 aromatic rings. The third-order valence-electron chi connectivity index (χ3n) is 7.30. The van der Waals surface area contributed by atoms with Crippen LogP contribution in [0.2, 0.25) is 0 Å². The number of rotatable bonds is 13. The molecule has 0 heterocycles. The highest BCUT2D eigenvalue weighted by molar-refractivity contribution is 4.82. The lowest BCUT2D eigenvalue weighted by Crippen LogP contribution is -2.28. The largest absolute Gasteiger partial charge is 0.378 e. The Hall–Kier alpha value is -0.0400. The van der Waals surface area contributed by atoms with Crippen molar-refractivity contribution < 1.29 is 4.74 Å². The fourth-order valence-electron chi connectivity index (χ4n) is 5.53. The van der Waals surface area contributed by atoms with Crippen LogP contribution in [0.25, 0.3) is 0 Å². The van der Waals surface area contributed by atoms with Crippen LogP contribution < -0.4 is 0 Å². The standard InChI is InChI=1S/C25H48O/c1-3-5-6-7-8-9-10-11-12-22-13-15-23(16-14-22)24-17-19-25(20-18-24)26-21-4-2/h22-25H,3-21H2,1-2H3. The molecule has 2 saturated carbocycles. The van der Waals surface area contributed by atoms with E-state index >= 15 is 0 Å². The van der Waals surface area contributed by atoms with Gasteiger partial charge in [-0.1, -0.05) is 84.5 Å². The van der Waals surface area contributed by atoms with Gasteiger partial charge < -0.3 is 4.74 Å². The number of unbranched alkanes of at least 4 members (excludes halogenated alkanes) is 7. The first kappa shape index (κ1) is 22.3. The zero-order valence-electron chi connectivity index (χ0n) is 18.2. The molecule has 154 valence electrons. The SMILES string of the molecule is CCCCCCCCCCC1CCC(C2CCC(OCCC)CC2)CC1. The Morgan fingerprint density at radius 3 is 1.69 bits per heavy atom. The molecule has 1 heteroatoms. The minimum atomic E-state index is 0.588. The van der Waals surface area contributed by atoms with Gasteiger partial charge >= 0.3 is 0 Å². The lowest BCUT2D eigenvalue weighted by Gasteiger charge is -2.37. The van der Waals surface area contributed by atoms with Crippen LogP contribution in [0.4, 0.5) is 0 Å². The van der Waals surface area contributed by atoms with E-state index in [0.29, 0.717) is 6.10 Å². The summed E-state index contributed by atoms with van der Waals surface area (Å²) in [5.74, 6) is 3.15. The maximum atomic E-state index is 5.98. The summed E-state index contributed by atoms with van der Waals surface area (Å²) >= 11 is 0. The Balaban J connectivity index is 1.46. The first-order chi connectivity index (χ1) is 12.8. The fraction of sp³-hybridized carbons (Fsp3) is 1.00. The highest BCUT2D eigenvalue weighted by atomic mass is 16.5. The molecule has 2 aliphatic rings. The maximum absolute atomic E-state index is 5.98. The van der Waals surface area contributed by atoms with E-state index < -0.39 is 0 Å². The van der Waals surface area contributed by atoms with Crippen LogP contribution in [0.3, 0.4) is 0 Å². The molecular formula is C25H48O. The monoisotopic (exact) mass is 364 g/mol. The third-order valence-corrected chi connectivity index (χ3v) is 7.30. The summed E-state index contributed by atoms with van der Waals surface area (Å²) < 4.78 is 5.98. The summed E-state index contributed by atoms with van der Waals surface area (Å²) in [6, 6.07) is 0. The normalized spacial score (nSPS) is 29.8. The van der Waals surface area contributed by atoms with Crippen LogP contribution in [0, 0.1) is 17.8 Å². The molecule has 2 fully saturated rings. The van der Waals surface area contributed by atoms with Crippen LogP contribution in [-0.4, -0.2) is 12.7 Å². The quantitative estimate of drug-likeness (QED) is 0.298. The van der Waals surface area contributed by atoms with Gasteiger partial charge in [-0.3, -0.25) is 0 Å². The van der Waals surface area contributed by atoms with Crippen molar-refractivity contribution in [3.8, 4) is 0 Å².